The average molecular weight is 372 g/mol. The molecule has 2 fully saturated rings. The fourth-order valence-corrected chi connectivity index (χ4v) is 5.53. The lowest BCUT2D eigenvalue weighted by Crippen LogP contribution is -2.57. The molecule has 5 rings (SSSR count). The van der Waals surface area contributed by atoms with Gasteiger partial charge in [0.1, 0.15) is 10.6 Å². The molecule has 5 nitrogen and oxygen atoms in total. The third-order valence-corrected chi connectivity index (χ3v) is 6.94. The van der Waals surface area contributed by atoms with Gasteiger partial charge in [0.25, 0.3) is 0 Å². The molecule has 3 aliphatic rings. The summed E-state index contributed by atoms with van der Waals surface area (Å²) in [6, 6.07) is 5.65. The summed E-state index contributed by atoms with van der Waals surface area (Å²) < 4.78 is 12.8. The third-order valence-electron chi connectivity index (χ3n) is 6.18. The highest BCUT2D eigenvalue weighted by molar-refractivity contribution is 7.09. The van der Waals surface area contributed by atoms with E-state index in [1.165, 1.54) is 5.01 Å². The summed E-state index contributed by atoms with van der Waals surface area (Å²) in [5.41, 5.74) is 0.793. The Hall–Kier alpha value is -1.63. The third kappa shape index (κ3) is 2.71. The largest absolute Gasteiger partial charge is 0.504 e. The number of thiazole rings is 1. The highest BCUT2D eigenvalue weighted by atomic mass is 32.1. The van der Waals surface area contributed by atoms with Gasteiger partial charge in [-0.3, -0.25) is 4.90 Å². The van der Waals surface area contributed by atoms with Crippen LogP contribution in [0.15, 0.2) is 29.8 Å². The molecule has 6 heteroatoms. The van der Waals surface area contributed by atoms with Gasteiger partial charge in [-0.2, -0.15) is 0 Å². The Kier molecular flexibility index (Phi) is 4.14. The predicted octanol–water partition coefficient (Wildman–Crippen LogP) is 3.74. The van der Waals surface area contributed by atoms with E-state index in [1.807, 2.05) is 23.7 Å². The molecule has 1 aromatic heterocycles. The summed E-state index contributed by atoms with van der Waals surface area (Å²) in [6.45, 7) is 3.69. The second-order valence-corrected chi connectivity index (χ2v) is 8.58. The minimum atomic E-state index is -0.226. The second kappa shape index (κ2) is 6.51. The Labute approximate surface area is 157 Å². The summed E-state index contributed by atoms with van der Waals surface area (Å²) >= 11 is 1.72. The lowest BCUT2D eigenvalue weighted by Gasteiger charge is -2.53. The van der Waals surface area contributed by atoms with Crippen molar-refractivity contribution in [3.63, 3.8) is 0 Å². The quantitative estimate of drug-likeness (QED) is 0.870. The van der Waals surface area contributed by atoms with Gasteiger partial charge in [-0.05, 0) is 18.9 Å². The number of aromatic nitrogens is 1. The monoisotopic (exact) mass is 372 g/mol. The van der Waals surface area contributed by atoms with Crippen LogP contribution in [-0.4, -0.2) is 40.3 Å². The molecule has 26 heavy (non-hydrogen) atoms. The summed E-state index contributed by atoms with van der Waals surface area (Å²) in [7, 11) is 0. The van der Waals surface area contributed by atoms with Crippen LogP contribution in [0.4, 0.5) is 0 Å². The standard InChI is InChI=1S/C20H24N2O3S/c23-16-5-1-3-14-18-15(4-2-11-24-18)20(25-19(14)16)6-9-22(10-7-20)13-17-21-8-12-26-17/h1,3,5,8,12,15,18,23H,2,4,6-7,9-11,13H2/t15-,18+/m0/s1. The molecule has 2 atom stereocenters. The van der Waals surface area contributed by atoms with Gasteiger partial charge in [0, 0.05) is 55.6 Å². The van der Waals surface area contributed by atoms with Gasteiger partial charge in [-0.25, -0.2) is 4.98 Å². The minimum Gasteiger partial charge on any atom is -0.504 e. The number of benzene rings is 1. The molecule has 1 aromatic carbocycles. The zero-order valence-corrected chi connectivity index (χ0v) is 15.6. The number of fused-ring (bicyclic) bond motifs is 4. The molecule has 0 unspecified atom stereocenters. The Morgan fingerprint density at radius 2 is 2.19 bits per heavy atom. The highest BCUT2D eigenvalue weighted by Gasteiger charge is 2.52. The van der Waals surface area contributed by atoms with Crippen molar-refractivity contribution < 1.29 is 14.6 Å². The van der Waals surface area contributed by atoms with Gasteiger partial charge in [-0.1, -0.05) is 12.1 Å². The van der Waals surface area contributed by atoms with Crippen LogP contribution >= 0.6 is 11.3 Å². The molecule has 0 bridgehead atoms. The number of piperidine rings is 1. The Morgan fingerprint density at radius 1 is 1.31 bits per heavy atom. The summed E-state index contributed by atoms with van der Waals surface area (Å²) in [5.74, 6) is 1.25. The lowest BCUT2D eigenvalue weighted by molar-refractivity contribution is -0.150. The Balaban J connectivity index is 1.41. The smallest absolute Gasteiger partial charge is 0.167 e. The van der Waals surface area contributed by atoms with E-state index < -0.39 is 0 Å². The molecule has 2 saturated heterocycles. The Bertz CT molecular complexity index is 771. The molecule has 0 saturated carbocycles. The average Bonchev–Trinajstić information content (AvgIpc) is 3.18. The number of nitrogens with zero attached hydrogens (tertiary/aromatic N) is 2. The summed E-state index contributed by atoms with van der Waals surface area (Å²) in [4.78, 5) is 6.88. The van der Waals surface area contributed by atoms with Gasteiger partial charge in [0.2, 0.25) is 0 Å². The zero-order chi connectivity index (χ0) is 17.6. The first kappa shape index (κ1) is 16.5. The number of hydrogen-bond acceptors (Lipinski definition) is 6. The van der Waals surface area contributed by atoms with Crippen molar-refractivity contribution in [1.82, 2.24) is 9.88 Å². The van der Waals surface area contributed by atoms with Crippen LogP contribution in [0.2, 0.25) is 0 Å². The van der Waals surface area contributed by atoms with Gasteiger partial charge < -0.3 is 14.6 Å². The van der Waals surface area contributed by atoms with Crippen LogP contribution in [0.1, 0.15) is 42.4 Å². The van der Waals surface area contributed by atoms with E-state index in [1.54, 1.807) is 17.4 Å². The topological polar surface area (TPSA) is 54.8 Å². The van der Waals surface area contributed by atoms with Gasteiger partial charge in [0.15, 0.2) is 11.5 Å². The number of phenols is 1. The minimum absolute atomic E-state index is 0.0464. The molecule has 0 amide bonds. The number of phenolic OH excluding ortho intramolecular Hbond substituents is 1. The van der Waals surface area contributed by atoms with Crippen LogP contribution in [-0.2, 0) is 11.3 Å². The van der Waals surface area contributed by atoms with E-state index in [9.17, 15) is 5.11 Å². The lowest BCUT2D eigenvalue weighted by atomic mass is 9.70. The van der Waals surface area contributed by atoms with Crippen molar-refractivity contribution in [3.05, 3.63) is 40.3 Å². The molecule has 1 spiro atoms. The number of ether oxygens (including phenoxy) is 2. The van der Waals surface area contributed by atoms with Crippen molar-refractivity contribution in [2.24, 2.45) is 5.92 Å². The number of hydrogen-bond donors (Lipinski definition) is 1. The number of rotatable bonds is 2. The van der Waals surface area contributed by atoms with Crippen LogP contribution in [0.25, 0.3) is 0 Å². The molecule has 1 N–H and O–H groups in total. The summed E-state index contributed by atoms with van der Waals surface area (Å²) in [6.07, 6.45) is 6.08. The maximum Gasteiger partial charge on any atom is 0.167 e. The first-order chi connectivity index (χ1) is 12.8. The highest BCUT2D eigenvalue weighted by Crippen LogP contribution is 2.55. The van der Waals surface area contributed by atoms with E-state index in [-0.39, 0.29) is 17.5 Å². The molecule has 3 aliphatic heterocycles. The Morgan fingerprint density at radius 3 is 3.00 bits per heavy atom. The van der Waals surface area contributed by atoms with Gasteiger partial charge in [-0.15, -0.1) is 11.3 Å². The SMILES string of the molecule is Oc1cccc2c1OC1(CCN(Cc3nccs3)CC1)[C@H]1CCCO[C@H]21. The zero-order valence-electron chi connectivity index (χ0n) is 14.8. The van der Waals surface area contributed by atoms with Crippen molar-refractivity contribution in [3.8, 4) is 11.5 Å². The predicted molar refractivity (Wildman–Crippen MR) is 99.5 cm³/mol. The van der Waals surface area contributed by atoms with E-state index in [2.05, 4.69) is 9.88 Å². The molecule has 2 aromatic rings. The first-order valence-corrected chi connectivity index (χ1v) is 10.4. The van der Waals surface area contributed by atoms with E-state index in [0.717, 1.165) is 57.5 Å². The van der Waals surface area contributed by atoms with Gasteiger partial charge >= 0.3 is 0 Å². The van der Waals surface area contributed by atoms with Crippen molar-refractivity contribution in [1.29, 1.82) is 0 Å². The maximum absolute atomic E-state index is 10.4. The number of likely N-dealkylation sites (tertiary alicyclic amines) is 1. The maximum atomic E-state index is 10.4. The van der Waals surface area contributed by atoms with Crippen molar-refractivity contribution >= 4 is 11.3 Å². The fourth-order valence-electron chi connectivity index (χ4n) is 4.87. The fraction of sp³-hybridized carbons (Fsp3) is 0.550. The van der Waals surface area contributed by atoms with E-state index in [0.29, 0.717) is 11.7 Å². The molecular formula is C20H24N2O3S. The normalized spacial score (nSPS) is 27.5. The molecular weight excluding hydrogens is 348 g/mol. The van der Waals surface area contributed by atoms with Crippen molar-refractivity contribution in [2.75, 3.05) is 19.7 Å². The second-order valence-electron chi connectivity index (χ2n) is 7.60. The van der Waals surface area contributed by atoms with Crippen LogP contribution in [0, 0.1) is 5.92 Å². The molecule has 138 valence electrons. The van der Waals surface area contributed by atoms with Crippen LogP contribution < -0.4 is 4.74 Å². The van der Waals surface area contributed by atoms with Gasteiger partial charge in [0.05, 0.1) is 12.6 Å². The molecule has 0 aliphatic carbocycles. The molecule has 0 radical (unpaired) electrons. The first-order valence-electron chi connectivity index (χ1n) is 9.48. The number of aromatic hydroxyl groups is 1. The van der Waals surface area contributed by atoms with Crippen molar-refractivity contribution in [2.45, 2.75) is 43.9 Å². The van der Waals surface area contributed by atoms with E-state index >= 15 is 0 Å². The van der Waals surface area contributed by atoms with Crippen LogP contribution in [0.3, 0.4) is 0 Å². The van der Waals surface area contributed by atoms with E-state index in [4.69, 9.17) is 9.47 Å². The van der Waals surface area contributed by atoms with Crippen LogP contribution in [0.5, 0.6) is 11.5 Å². The summed E-state index contributed by atoms with van der Waals surface area (Å²) in [5, 5.41) is 13.6. The molecule has 4 heterocycles. The number of para-hydroxylation sites is 1.